The second-order valence-electron chi connectivity index (χ2n) is 7.73. The summed E-state index contributed by atoms with van der Waals surface area (Å²) in [7, 11) is 0. The Bertz CT molecular complexity index is 1190. The van der Waals surface area contributed by atoms with Crippen LogP contribution < -0.4 is 10.2 Å². The smallest absolute Gasteiger partial charge is 0.0660 e. The molecule has 0 aliphatic carbocycles. The highest BCUT2D eigenvalue weighted by molar-refractivity contribution is 6.33. The van der Waals surface area contributed by atoms with Gasteiger partial charge in [-0.25, -0.2) is 0 Å². The molecule has 5 heteroatoms. The fraction of sp³-hybridized carbons (Fsp3) is 0.280. The van der Waals surface area contributed by atoms with Crippen LogP contribution >= 0.6 is 11.6 Å². The first-order valence-electron chi connectivity index (χ1n) is 10.6. The molecule has 0 radical (unpaired) electrons. The molecule has 30 heavy (non-hydrogen) atoms. The van der Waals surface area contributed by atoms with Gasteiger partial charge in [0, 0.05) is 53.7 Å². The predicted molar refractivity (Wildman–Crippen MR) is 127 cm³/mol. The molecule has 0 unspecified atom stereocenters. The van der Waals surface area contributed by atoms with Gasteiger partial charge in [-0.1, -0.05) is 35.9 Å². The van der Waals surface area contributed by atoms with Crippen LogP contribution in [0, 0.1) is 0 Å². The summed E-state index contributed by atoms with van der Waals surface area (Å²) in [5.41, 5.74) is 5.97. The zero-order chi connectivity index (χ0) is 20.5. The Morgan fingerprint density at radius 3 is 2.53 bits per heavy atom. The normalized spacial score (nSPS) is 14.5. The third-order valence-corrected chi connectivity index (χ3v) is 6.25. The number of halogens is 1. The van der Waals surface area contributed by atoms with Crippen molar-refractivity contribution >= 4 is 44.8 Å². The fourth-order valence-electron chi connectivity index (χ4n) is 4.43. The van der Waals surface area contributed by atoms with E-state index in [1.807, 2.05) is 6.07 Å². The largest absolute Gasteiger partial charge is 0.381 e. The molecule has 1 aliphatic rings. The highest BCUT2D eigenvalue weighted by Gasteiger charge is 2.14. The van der Waals surface area contributed by atoms with Crippen LogP contribution in [0.3, 0.4) is 0 Å². The maximum Gasteiger partial charge on any atom is 0.0660 e. The van der Waals surface area contributed by atoms with Gasteiger partial charge in [-0.3, -0.25) is 0 Å². The molecule has 1 aromatic heterocycles. The van der Waals surface area contributed by atoms with Gasteiger partial charge < -0.3 is 19.5 Å². The van der Waals surface area contributed by atoms with Crippen LogP contribution in [0.5, 0.6) is 0 Å². The zero-order valence-electron chi connectivity index (χ0n) is 17.2. The molecule has 4 nitrogen and oxygen atoms in total. The van der Waals surface area contributed by atoms with Crippen LogP contribution in [-0.2, 0) is 17.8 Å². The standard InChI is InChI=1S/C25H26ClN3O/c1-2-29-23-6-4-3-5-20(23)21-15-18(7-9-24(21)29)17-27-19-8-10-25(22(26)16-19)28-11-13-30-14-12-28/h3-10,15-16,27H,2,11-14,17H2,1H3. The van der Waals surface area contributed by atoms with E-state index in [1.165, 1.54) is 27.4 Å². The van der Waals surface area contributed by atoms with E-state index in [0.717, 1.165) is 55.8 Å². The van der Waals surface area contributed by atoms with E-state index in [9.17, 15) is 0 Å². The molecule has 3 aromatic carbocycles. The number of benzene rings is 3. The lowest BCUT2D eigenvalue weighted by atomic mass is 10.1. The van der Waals surface area contributed by atoms with Crippen LogP contribution in [0.2, 0.25) is 5.02 Å². The molecule has 5 rings (SSSR count). The molecule has 154 valence electrons. The Kier molecular flexibility index (Phi) is 5.28. The van der Waals surface area contributed by atoms with Crippen LogP contribution in [0.4, 0.5) is 11.4 Å². The number of rotatable bonds is 5. The Morgan fingerprint density at radius 1 is 0.933 bits per heavy atom. The van der Waals surface area contributed by atoms with E-state index in [1.54, 1.807) is 0 Å². The molecular formula is C25H26ClN3O. The van der Waals surface area contributed by atoms with Gasteiger partial charge in [0.1, 0.15) is 0 Å². The fourth-order valence-corrected chi connectivity index (χ4v) is 4.73. The number of nitrogens with zero attached hydrogens (tertiary/aromatic N) is 2. The van der Waals surface area contributed by atoms with Crippen molar-refractivity contribution < 1.29 is 4.74 Å². The predicted octanol–water partition coefficient (Wildman–Crippen LogP) is 5.92. The lowest BCUT2D eigenvalue weighted by Gasteiger charge is -2.29. The Hall–Kier alpha value is -2.69. The number of aryl methyl sites for hydroxylation is 1. The lowest BCUT2D eigenvalue weighted by molar-refractivity contribution is 0.122. The van der Waals surface area contributed by atoms with Crippen LogP contribution in [0.25, 0.3) is 21.8 Å². The first-order valence-corrected chi connectivity index (χ1v) is 11.0. The van der Waals surface area contributed by atoms with Crippen LogP contribution in [0.15, 0.2) is 60.7 Å². The van der Waals surface area contributed by atoms with Gasteiger partial charge in [-0.2, -0.15) is 0 Å². The maximum absolute atomic E-state index is 6.58. The molecule has 0 atom stereocenters. The monoisotopic (exact) mass is 419 g/mol. The number of hydrogen-bond acceptors (Lipinski definition) is 3. The Labute approximate surface area is 182 Å². The number of fused-ring (bicyclic) bond motifs is 3. The van der Waals surface area contributed by atoms with E-state index < -0.39 is 0 Å². The van der Waals surface area contributed by atoms with Gasteiger partial charge in [0.15, 0.2) is 0 Å². The van der Waals surface area contributed by atoms with Crippen molar-refractivity contribution in [3.05, 3.63) is 71.2 Å². The molecule has 0 bridgehead atoms. The quantitative estimate of drug-likeness (QED) is 0.435. The Morgan fingerprint density at radius 2 is 1.73 bits per heavy atom. The Balaban J connectivity index is 1.37. The van der Waals surface area contributed by atoms with Crippen LogP contribution in [0.1, 0.15) is 12.5 Å². The summed E-state index contributed by atoms with van der Waals surface area (Å²) in [4.78, 5) is 2.28. The minimum Gasteiger partial charge on any atom is -0.381 e. The first-order chi connectivity index (χ1) is 14.7. The van der Waals surface area contributed by atoms with E-state index in [4.69, 9.17) is 16.3 Å². The summed E-state index contributed by atoms with van der Waals surface area (Å²) >= 11 is 6.58. The van der Waals surface area contributed by atoms with Gasteiger partial charge in [-0.05, 0) is 48.9 Å². The van der Waals surface area contributed by atoms with Gasteiger partial charge in [-0.15, -0.1) is 0 Å². The van der Waals surface area contributed by atoms with E-state index in [0.29, 0.717) is 0 Å². The number of hydrogen-bond donors (Lipinski definition) is 1. The number of anilines is 2. The molecule has 1 N–H and O–H groups in total. The summed E-state index contributed by atoms with van der Waals surface area (Å²) in [5.74, 6) is 0. The average Bonchev–Trinajstić information content (AvgIpc) is 3.11. The molecule has 0 spiro atoms. The number of ether oxygens (including phenoxy) is 1. The van der Waals surface area contributed by atoms with Crippen molar-refractivity contribution in [3.63, 3.8) is 0 Å². The molecule has 2 heterocycles. The highest BCUT2D eigenvalue weighted by Crippen LogP contribution is 2.31. The number of aromatic nitrogens is 1. The van der Waals surface area contributed by atoms with E-state index in [2.05, 4.69) is 76.3 Å². The molecule has 1 aliphatic heterocycles. The van der Waals surface area contributed by atoms with Crippen molar-refractivity contribution in [2.45, 2.75) is 20.0 Å². The summed E-state index contributed by atoms with van der Waals surface area (Å²) in [6.45, 7) is 7.21. The SMILES string of the molecule is CCn1c2ccccc2c2cc(CNc3ccc(N4CCOCC4)c(Cl)c3)ccc21. The lowest BCUT2D eigenvalue weighted by Crippen LogP contribution is -2.36. The van der Waals surface area contributed by atoms with E-state index in [-0.39, 0.29) is 0 Å². The van der Waals surface area contributed by atoms with Gasteiger partial charge in [0.05, 0.1) is 23.9 Å². The van der Waals surface area contributed by atoms with Gasteiger partial charge >= 0.3 is 0 Å². The summed E-state index contributed by atoms with van der Waals surface area (Å²) < 4.78 is 7.82. The molecule has 0 amide bonds. The van der Waals surface area contributed by atoms with Crippen molar-refractivity contribution in [3.8, 4) is 0 Å². The van der Waals surface area contributed by atoms with Crippen molar-refractivity contribution in [2.24, 2.45) is 0 Å². The maximum atomic E-state index is 6.58. The van der Waals surface area contributed by atoms with Crippen molar-refractivity contribution in [1.29, 1.82) is 0 Å². The third-order valence-electron chi connectivity index (χ3n) is 5.95. The third kappa shape index (κ3) is 3.51. The van der Waals surface area contributed by atoms with Crippen molar-refractivity contribution in [1.82, 2.24) is 4.57 Å². The second-order valence-corrected chi connectivity index (χ2v) is 8.14. The number of para-hydroxylation sites is 1. The summed E-state index contributed by atoms with van der Waals surface area (Å²) in [6, 6.07) is 21.6. The minimum absolute atomic E-state index is 0.757. The van der Waals surface area contributed by atoms with Gasteiger partial charge in [0.25, 0.3) is 0 Å². The molecule has 0 saturated carbocycles. The zero-order valence-corrected chi connectivity index (χ0v) is 18.0. The summed E-state index contributed by atoms with van der Waals surface area (Å²) in [5, 5.41) is 6.94. The number of nitrogens with one attached hydrogen (secondary N) is 1. The average molecular weight is 420 g/mol. The highest BCUT2D eigenvalue weighted by atomic mass is 35.5. The molecule has 4 aromatic rings. The number of morpholine rings is 1. The van der Waals surface area contributed by atoms with Gasteiger partial charge in [0.2, 0.25) is 0 Å². The van der Waals surface area contributed by atoms with E-state index >= 15 is 0 Å². The molecule has 1 fully saturated rings. The summed E-state index contributed by atoms with van der Waals surface area (Å²) in [6.07, 6.45) is 0. The topological polar surface area (TPSA) is 29.4 Å². The second kappa shape index (κ2) is 8.21. The van der Waals surface area contributed by atoms with Crippen LogP contribution in [-0.4, -0.2) is 30.9 Å². The minimum atomic E-state index is 0.757. The molecular weight excluding hydrogens is 394 g/mol. The first kappa shape index (κ1) is 19.3. The molecule has 1 saturated heterocycles. The van der Waals surface area contributed by atoms with Crippen molar-refractivity contribution in [2.75, 3.05) is 36.5 Å².